The lowest BCUT2D eigenvalue weighted by molar-refractivity contribution is -0.135. The second kappa shape index (κ2) is 6.49. The van der Waals surface area contributed by atoms with Crippen LogP contribution in [0.25, 0.3) is 0 Å². The molecule has 1 aliphatic rings. The number of aliphatic carboxylic acids is 1. The van der Waals surface area contributed by atoms with Crippen LogP contribution in [0.1, 0.15) is 29.8 Å². The van der Waals surface area contributed by atoms with Crippen LogP contribution in [-0.2, 0) is 21.9 Å². The molecule has 0 aromatic carbocycles. The van der Waals surface area contributed by atoms with Gasteiger partial charge in [-0.15, -0.1) is 0 Å². The van der Waals surface area contributed by atoms with Crippen molar-refractivity contribution >= 4 is 21.9 Å². The molecular formula is C13H19N3O5S. The number of aryl methyl sites for hydroxylation is 1. The molecule has 1 aromatic rings. The number of sulfonamides is 1. The summed E-state index contributed by atoms with van der Waals surface area (Å²) in [7, 11) is -2.07. The highest BCUT2D eigenvalue weighted by Crippen LogP contribution is 2.22. The van der Waals surface area contributed by atoms with E-state index in [0.717, 1.165) is 19.3 Å². The van der Waals surface area contributed by atoms with Crippen LogP contribution < -0.4 is 5.32 Å². The lowest BCUT2D eigenvalue weighted by atomic mass is 10.2. The average molecular weight is 329 g/mol. The lowest BCUT2D eigenvalue weighted by Gasteiger charge is -2.25. The fourth-order valence-corrected chi connectivity index (χ4v) is 3.99. The number of amides is 1. The summed E-state index contributed by atoms with van der Waals surface area (Å²) in [5, 5.41) is 10.8. The Balaban J connectivity index is 2.21. The maximum Gasteiger partial charge on any atom is 0.322 e. The number of carbonyl (C=O) groups is 2. The van der Waals surface area contributed by atoms with Gasteiger partial charge in [-0.1, -0.05) is 6.42 Å². The minimum Gasteiger partial charge on any atom is -0.480 e. The third-order valence-electron chi connectivity index (χ3n) is 3.57. The van der Waals surface area contributed by atoms with Crippen molar-refractivity contribution < 1.29 is 23.1 Å². The fourth-order valence-electron chi connectivity index (χ4n) is 2.40. The zero-order chi connectivity index (χ0) is 16.3. The van der Waals surface area contributed by atoms with E-state index in [1.54, 1.807) is 7.05 Å². The number of piperidine rings is 1. The molecule has 1 amide bonds. The Hall–Kier alpha value is -1.87. The zero-order valence-corrected chi connectivity index (χ0v) is 13.1. The lowest BCUT2D eigenvalue weighted by Crippen LogP contribution is -2.35. The van der Waals surface area contributed by atoms with Crippen molar-refractivity contribution in [1.82, 2.24) is 14.2 Å². The van der Waals surface area contributed by atoms with E-state index >= 15 is 0 Å². The second-order valence-electron chi connectivity index (χ2n) is 5.21. The van der Waals surface area contributed by atoms with Crippen LogP contribution in [0, 0.1) is 0 Å². The molecule has 2 N–H and O–H groups in total. The predicted octanol–water partition coefficient (Wildman–Crippen LogP) is 0.0141. The van der Waals surface area contributed by atoms with Crippen LogP contribution in [0.2, 0.25) is 0 Å². The van der Waals surface area contributed by atoms with E-state index in [2.05, 4.69) is 5.32 Å². The van der Waals surface area contributed by atoms with Gasteiger partial charge in [0.25, 0.3) is 5.91 Å². The Morgan fingerprint density at radius 3 is 2.50 bits per heavy atom. The van der Waals surface area contributed by atoms with E-state index in [4.69, 9.17) is 5.11 Å². The summed E-state index contributed by atoms with van der Waals surface area (Å²) >= 11 is 0. The largest absolute Gasteiger partial charge is 0.480 e. The molecule has 9 heteroatoms. The first-order chi connectivity index (χ1) is 10.3. The van der Waals surface area contributed by atoms with Crippen LogP contribution in [0.3, 0.4) is 0 Å². The van der Waals surface area contributed by atoms with Gasteiger partial charge in [0.1, 0.15) is 17.1 Å². The zero-order valence-electron chi connectivity index (χ0n) is 12.3. The van der Waals surface area contributed by atoms with Crippen LogP contribution in [0.4, 0.5) is 0 Å². The summed E-state index contributed by atoms with van der Waals surface area (Å²) in [6, 6.07) is 1.28. The Bertz CT molecular complexity index is 674. The van der Waals surface area contributed by atoms with Crippen molar-refractivity contribution in [3.63, 3.8) is 0 Å². The Morgan fingerprint density at radius 2 is 1.91 bits per heavy atom. The fraction of sp³-hybridized carbons (Fsp3) is 0.538. The number of nitrogens with zero attached hydrogens (tertiary/aromatic N) is 2. The van der Waals surface area contributed by atoms with E-state index in [9.17, 15) is 18.0 Å². The maximum atomic E-state index is 12.5. The Morgan fingerprint density at radius 1 is 1.27 bits per heavy atom. The third kappa shape index (κ3) is 3.47. The smallest absolute Gasteiger partial charge is 0.322 e. The Labute approximate surface area is 128 Å². The normalized spacial score (nSPS) is 16.4. The molecule has 0 aliphatic carbocycles. The molecule has 0 bridgehead atoms. The summed E-state index contributed by atoms with van der Waals surface area (Å²) in [6.07, 6.45) is 4.05. The van der Waals surface area contributed by atoms with Gasteiger partial charge in [-0.3, -0.25) is 9.59 Å². The molecular weight excluding hydrogens is 310 g/mol. The van der Waals surface area contributed by atoms with E-state index < -0.39 is 28.4 Å². The first-order valence-corrected chi connectivity index (χ1v) is 8.43. The molecule has 8 nitrogen and oxygen atoms in total. The minimum atomic E-state index is -3.61. The van der Waals surface area contributed by atoms with Crippen molar-refractivity contribution in [2.75, 3.05) is 19.6 Å². The Kier molecular flexibility index (Phi) is 4.87. The maximum absolute atomic E-state index is 12.5. The van der Waals surface area contributed by atoms with Crippen molar-refractivity contribution in [1.29, 1.82) is 0 Å². The van der Waals surface area contributed by atoms with E-state index in [1.807, 2.05) is 0 Å². The molecule has 2 rings (SSSR count). The first kappa shape index (κ1) is 16.5. The third-order valence-corrected chi connectivity index (χ3v) is 5.43. The van der Waals surface area contributed by atoms with Crippen molar-refractivity contribution in [3.05, 3.63) is 18.0 Å². The highest BCUT2D eigenvalue weighted by atomic mass is 32.2. The van der Waals surface area contributed by atoms with E-state index in [0.29, 0.717) is 13.1 Å². The molecule has 1 aliphatic heterocycles. The number of carboxylic acid groups (broad SMARTS) is 1. The van der Waals surface area contributed by atoms with Crippen molar-refractivity contribution in [3.8, 4) is 0 Å². The number of hydrogen-bond acceptors (Lipinski definition) is 4. The van der Waals surface area contributed by atoms with Crippen LogP contribution in [0.15, 0.2) is 17.2 Å². The van der Waals surface area contributed by atoms with Gasteiger partial charge in [0, 0.05) is 26.3 Å². The summed E-state index contributed by atoms with van der Waals surface area (Å²) in [5.41, 5.74) is 0.108. The van der Waals surface area contributed by atoms with Crippen molar-refractivity contribution in [2.45, 2.75) is 24.2 Å². The van der Waals surface area contributed by atoms with Crippen LogP contribution in [0.5, 0.6) is 0 Å². The molecule has 0 atom stereocenters. The van der Waals surface area contributed by atoms with E-state index in [1.165, 1.54) is 21.1 Å². The van der Waals surface area contributed by atoms with Crippen LogP contribution >= 0.6 is 0 Å². The summed E-state index contributed by atoms with van der Waals surface area (Å²) in [4.78, 5) is 22.4. The average Bonchev–Trinajstić information content (AvgIpc) is 2.88. The van der Waals surface area contributed by atoms with Crippen LogP contribution in [-0.4, -0.2) is 53.9 Å². The minimum absolute atomic E-state index is 0.0531. The molecule has 0 radical (unpaired) electrons. The highest BCUT2D eigenvalue weighted by Gasteiger charge is 2.28. The summed E-state index contributed by atoms with van der Waals surface area (Å²) in [6.45, 7) is 0.452. The first-order valence-electron chi connectivity index (χ1n) is 6.99. The number of nitrogens with one attached hydrogen (secondary N) is 1. The molecule has 2 heterocycles. The molecule has 1 saturated heterocycles. The molecule has 1 fully saturated rings. The van der Waals surface area contributed by atoms with Gasteiger partial charge < -0.3 is 15.0 Å². The van der Waals surface area contributed by atoms with Gasteiger partial charge in [0.2, 0.25) is 10.0 Å². The number of carbonyl (C=O) groups excluding carboxylic acids is 1. The summed E-state index contributed by atoms with van der Waals surface area (Å²) in [5.74, 6) is -1.78. The summed E-state index contributed by atoms with van der Waals surface area (Å²) < 4.78 is 27.9. The number of carboxylic acids is 1. The van der Waals surface area contributed by atoms with Gasteiger partial charge >= 0.3 is 5.97 Å². The van der Waals surface area contributed by atoms with Gasteiger partial charge in [0.15, 0.2) is 0 Å². The van der Waals surface area contributed by atoms with Gasteiger partial charge in [-0.2, -0.15) is 4.31 Å². The SMILES string of the molecule is Cn1cc(S(=O)(=O)N2CCCCC2)cc1C(=O)NCC(=O)O. The molecule has 0 unspecified atom stereocenters. The topological polar surface area (TPSA) is 109 Å². The molecule has 22 heavy (non-hydrogen) atoms. The monoisotopic (exact) mass is 329 g/mol. The molecule has 0 saturated carbocycles. The van der Waals surface area contributed by atoms with Crippen molar-refractivity contribution in [2.24, 2.45) is 7.05 Å². The number of rotatable bonds is 5. The standard InChI is InChI=1S/C13H19N3O5S/c1-15-9-10(7-11(15)13(19)14-8-12(17)18)22(20,21)16-5-3-2-4-6-16/h7,9H,2-6,8H2,1H3,(H,14,19)(H,17,18). The molecule has 0 spiro atoms. The molecule has 122 valence electrons. The molecule has 1 aromatic heterocycles. The van der Waals surface area contributed by atoms with Gasteiger partial charge in [-0.05, 0) is 18.9 Å². The predicted molar refractivity (Wildman–Crippen MR) is 78.0 cm³/mol. The second-order valence-corrected chi connectivity index (χ2v) is 7.15. The van der Waals surface area contributed by atoms with Gasteiger partial charge in [-0.25, -0.2) is 8.42 Å². The quantitative estimate of drug-likeness (QED) is 0.791. The number of hydrogen-bond donors (Lipinski definition) is 2. The number of aromatic nitrogens is 1. The van der Waals surface area contributed by atoms with Gasteiger partial charge in [0.05, 0.1) is 0 Å². The van der Waals surface area contributed by atoms with E-state index in [-0.39, 0.29) is 10.6 Å². The highest BCUT2D eigenvalue weighted by molar-refractivity contribution is 7.89.